The van der Waals surface area contributed by atoms with Gasteiger partial charge in [-0.15, -0.1) is 0 Å². The Hall–Kier alpha value is -3.20. The van der Waals surface area contributed by atoms with Crippen molar-refractivity contribution in [3.05, 3.63) is 59.7 Å². The van der Waals surface area contributed by atoms with Crippen LogP contribution in [0.25, 0.3) is 0 Å². The fraction of sp³-hybridized carbons (Fsp3) is 0.318. The maximum absolute atomic E-state index is 12.7. The van der Waals surface area contributed by atoms with Gasteiger partial charge in [-0.25, -0.2) is 13.2 Å². The predicted molar refractivity (Wildman–Crippen MR) is 119 cm³/mol. The van der Waals surface area contributed by atoms with Crippen molar-refractivity contribution in [3.63, 3.8) is 0 Å². The number of anilines is 2. The normalized spacial score (nSPS) is 12.0. The van der Waals surface area contributed by atoms with E-state index in [2.05, 4.69) is 10.6 Å². The van der Waals surface area contributed by atoms with Crippen molar-refractivity contribution in [3.8, 4) is 0 Å². The van der Waals surface area contributed by atoms with Crippen LogP contribution in [0.1, 0.15) is 36.2 Å². The lowest BCUT2D eigenvalue weighted by Gasteiger charge is -2.16. The highest BCUT2D eigenvalue weighted by molar-refractivity contribution is 7.93. The molecule has 2 amide bonds. The summed E-state index contributed by atoms with van der Waals surface area (Å²) in [4.78, 5) is 36.7. The molecular formula is C22H26N2O6S. The zero-order valence-electron chi connectivity index (χ0n) is 17.7. The standard InChI is InChI=1S/C22H26N2O6S/c1-4-19(21(26)24-18-11-7-9-16(13-18)22(27)30-5-2)31(28,29)14-20(25)23-17-10-6-8-15(3)12-17/h6-13,19H,4-5,14H2,1-3H3,(H,23,25)(H,24,26). The minimum Gasteiger partial charge on any atom is -0.462 e. The van der Waals surface area contributed by atoms with Crippen LogP contribution in [0.4, 0.5) is 11.4 Å². The van der Waals surface area contributed by atoms with Crippen molar-refractivity contribution in [1.29, 1.82) is 0 Å². The Morgan fingerprint density at radius 1 is 0.968 bits per heavy atom. The van der Waals surface area contributed by atoms with Gasteiger partial charge in [-0.3, -0.25) is 9.59 Å². The molecule has 2 N–H and O–H groups in total. The van der Waals surface area contributed by atoms with E-state index < -0.39 is 38.6 Å². The van der Waals surface area contributed by atoms with Gasteiger partial charge in [0.05, 0.1) is 12.2 Å². The van der Waals surface area contributed by atoms with Crippen molar-refractivity contribution in [2.24, 2.45) is 0 Å². The maximum Gasteiger partial charge on any atom is 0.338 e. The SMILES string of the molecule is CCOC(=O)c1cccc(NC(=O)C(CC)S(=O)(=O)CC(=O)Nc2cccc(C)c2)c1. The third-order valence-corrected chi connectivity index (χ3v) is 6.45. The van der Waals surface area contributed by atoms with Crippen molar-refractivity contribution in [2.45, 2.75) is 32.4 Å². The number of amides is 2. The Morgan fingerprint density at radius 3 is 2.23 bits per heavy atom. The van der Waals surface area contributed by atoms with E-state index in [9.17, 15) is 22.8 Å². The van der Waals surface area contributed by atoms with Crippen LogP contribution in [-0.2, 0) is 24.2 Å². The molecule has 2 aromatic carbocycles. The average molecular weight is 447 g/mol. The van der Waals surface area contributed by atoms with Gasteiger partial charge in [0.15, 0.2) is 9.84 Å². The molecule has 1 atom stereocenters. The van der Waals surface area contributed by atoms with E-state index in [1.54, 1.807) is 38.1 Å². The lowest BCUT2D eigenvalue weighted by atomic mass is 10.2. The summed E-state index contributed by atoms with van der Waals surface area (Å²) in [6.07, 6.45) is -0.0105. The van der Waals surface area contributed by atoms with Crippen LogP contribution in [0.15, 0.2) is 48.5 Å². The number of rotatable bonds is 9. The summed E-state index contributed by atoms with van der Waals surface area (Å²) < 4.78 is 30.4. The summed E-state index contributed by atoms with van der Waals surface area (Å²) in [5.74, 6) is -2.87. The molecule has 0 aliphatic carbocycles. The van der Waals surface area contributed by atoms with E-state index >= 15 is 0 Å². The van der Waals surface area contributed by atoms with Crippen molar-refractivity contribution in [2.75, 3.05) is 23.0 Å². The third kappa shape index (κ3) is 6.92. The van der Waals surface area contributed by atoms with E-state index in [0.29, 0.717) is 5.69 Å². The molecule has 0 aliphatic heterocycles. The molecule has 0 heterocycles. The molecule has 2 aromatic rings. The summed E-state index contributed by atoms with van der Waals surface area (Å²) in [5.41, 5.74) is 1.88. The van der Waals surface area contributed by atoms with Crippen LogP contribution in [-0.4, -0.2) is 43.8 Å². The molecule has 0 saturated heterocycles. The smallest absolute Gasteiger partial charge is 0.338 e. The van der Waals surface area contributed by atoms with Crippen LogP contribution in [0.2, 0.25) is 0 Å². The zero-order chi connectivity index (χ0) is 23.0. The fourth-order valence-electron chi connectivity index (χ4n) is 2.97. The minimum absolute atomic E-state index is 0.0105. The number of hydrogen-bond acceptors (Lipinski definition) is 6. The van der Waals surface area contributed by atoms with E-state index in [1.165, 1.54) is 18.2 Å². The quantitative estimate of drug-likeness (QED) is 0.572. The minimum atomic E-state index is -4.07. The molecule has 0 aliphatic rings. The molecular weight excluding hydrogens is 420 g/mol. The van der Waals surface area contributed by atoms with E-state index in [-0.39, 0.29) is 24.3 Å². The van der Waals surface area contributed by atoms with E-state index in [0.717, 1.165) is 5.56 Å². The number of sulfone groups is 1. The molecule has 0 aromatic heterocycles. The zero-order valence-corrected chi connectivity index (χ0v) is 18.5. The summed E-state index contributed by atoms with van der Waals surface area (Å²) in [6.45, 7) is 5.28. The first-order chi connectivity index (χ1) is 14.7. The van der Waals surface area contributed by atoms with Gasteiger partial charge >= 0.3 is 5.97 Å². The average Bonchev–Trinajstić information content (AvgIpc) is 2.68. The molecule has 0 spiro atoms. The van der Waals surface area contributed by atoms with E-state index in [4.69, 9.17) is 4.74 Å². The molecule has 9 heteroatoms. The first-order valence-corrected chi connectivity index (χ1v) is 11.5. The largest absolute Gasteiger partial charge is 0.462 e. The number of hydrogen-bond donors (Lipinski definition) is 2. The summed E-state index contributed by atoms with van der Waals surface area (Å²) in [6, 6.07) is 13.0. The van der Waals surface area contributed by atoms with Crippen LogP contribution in [0.3, 0.4) is 0 Å². The molecule has 0 bridgehead atoms. The van der Waals surface area contributed by atoms with Gasteiger partial charge in [0, 0.05) is 11.4 Å². The number of carbonyl (C=O) groups excluding carboxylic acids is 3. The fourth-order valence-corrected chi connectivity index (χ4v) is 4.50. The van der Waals surface area contributed by atoms with Crippen molar-refractivity contribution in [1.82, 2.24) is 0 Å². The number of ether oxygens (including phenoxy) is 1. The molecule has 166 valence electrons. The number of benzene rings is 2. The van der Waals surface area contributed by atoms with Crippen molar-refractivity contribution < 1.29 is 27.5 Å². The highest BCUT2D eigenvalue weighted by Gasteiger charge is 2.33. The molecule has 2 rings (SSSR count). The molecule has 0 fully saturated rings. The summed E-state index contributed by atoms with van der Waals surface area (Å²) >= 11 is 0. The van der Waals surface area contributed by atoms with E-state index in [1.807, 2.05) is 13.0 Å². The highest BCUT2D eigenvalue weighted by atomic mass is 32.2. The Bertz CT molecular complexity index is 1070. The number of aryl methyl sites for hydroxylation is 1. The Morgan fingerprint density at radius 2 is 1.61 bits per heavy atom. The molecule has 31 heavy (non-hydrogen) atoms. The van der Waals surface area contributed by atoms with Gasteiger partial charge in [-0.1, -0.05) is 25.1 Å². The molecule has 1 unspecified atom stereocenters. The second-order valence-electron chi connectivity index (χ2n) is 6.91. The van der Waals surface area contributed by atoms with Gasteiger partial charge in [0.2, 0.25) is 11.8 Å². The lowest BCUT2D eigenvalue weighted by molar-refractivity contribution is -0.115. The topological polar surface area (TPSA) is 119 Å². The van der Waals surface area contributed by atoms with Crippen LogP contribution >= 0.6 is 0 Å². The first kappa shape index (κ1) is 24.1. The van der Waals surface area contributed by atoms with Crippen LogP contribution in [0, 0.1) is 6.92 Å². The van der Waals surface area contributed by atoms with Gasteiger partial charge in [-0.05, 0) is 56.2 Å². The highest BCUT2D eigenvalue weighted by Crippen LogP contribution is 2.16. The molecule has 8 nitrogen and oxygen atoms in total. The van der Waals surface area contributed by atoms with Crippen LogP contribution in [0.5, 0.6) is 0 Å². The molecule has 0 saturated carbocycles. The summed E-state index contributed by atoms with van der Waals surface area (Å²) in [5, 5.41) is 3.63. The number of nitrogens with one attached hydrogen (secondary N) is 2. The Kier molecular flexibility index (Phi) is 8.32. The number of esters is 1. The second kappa shape index (κ2) is 10.7. The summed E-state index contributed by atoms with van der Waals surface area (Å²) in [7, 11) is -4.07. The monoisotopic (exact) mass is 446 g/mol. The predicted octanol–water partition coefficient (Wildman–Crippen LogP) is 2.94. The Balaban J connectivity index is 2.09. The maximum atomic E-state index is 12.7. The van der Waals surface area contributed by atoms with Gasteiger partial charge in [-0.2, -0.15) is 0 Å². The third-order valence-electron chi connectivity index (χ3n) is 4.37. The second-order valence-corrected chi connectivity index (χ2v) is 9.10. The van der Waals surface area contributed by atoms with Crippen molar-refractivity contribution >= 4 is 39.0 Å². The van der Waals surface area contributed by atoms with Gasteiger partial charge < -0.3 is 15.4 Å². The number of carbonyl (C=O) groups is 3. The van der Waals surface area contributed by atoms with Gasteiger partial charge in [0.1, 0.15) is 11.0 Å². The first-order valence-electron chi connectivity index (χ1n) is 9.82. The Labute approximate surface area is 181 Å². The molecule has 0 radical (unpaired) electrons. The lowest BCUT2D eigenvalue weighted by Crippen LogP contribution is -2.39. The van der Waals surface area contributed by atoms with Gasteiger partial charge in [0.25, 0.3) is 0 Å². The van der Waals surface area contributed by atoms with Crippen LogP contribution < -0.4 is 10.6 Å².